The molecular formula is C15H14N2O6S. The quantitative estimate of drug-likeness (QED) is 0.504. The summed E-state index contributed by atoms with van der Waals surface area (Å²) < 4.78 is 9.73. The van der Waals surface area contributed by atoms with Gasteiger partial charge in [0.25, 0.3) is 11.6 Å². The monoisotopic (exact) mass is 350 g/mol. The molecule has 24 heavy (non-hydrogen) atoms. The summed E-state index contributed by atoms with van der Waals surface area (Å²) >= 11 is 1.00. The summed E-state index contributed by atoms with van der Waals surface area (Å²) in [5.74, 6) is -0.764. The second-order valence-electron chi connectivity index (χ2n) is 4.67. The lowest BCUT2D eigenvalue weighted by Gasteiger charge is -2.10. The normalized spacial score (nSPS) is 10.1. The van der Waals surface area contributed by atoms with Crippen molar-refractivity contribution in [1.82, 2.24) is 0 Å². The Balaban J connectivity index is 2.33. The van der Waals surface area contributed by atoms with Crippen LogP contribution in [0.3, 0.4) is 0 Å². The molecule has 0 bridgehead atoms. The molecule has 1 aromatic carbocycles. The molecule has 126 valence electrons. The molecule has 2 rings (SSSR count). The van der Waals surface area contributed by atoms with Crippen molar-refractivity contribution in [3.63, 3.8) is 0 Å². The SMILES string of the molecule is COC(=O)c1cc(OC)ccc1NC(=O)c1cc([N+](=O)[O-])c(C)s1. The molecule has 0 saturated heterocycles. The summed E-state index contributed by atoms with van der Waals surface area (Å²) in [4.78, 5) is 35.1. The minimum atomic E-state index is -0.641. The predicted octanol–water partition coefficient (Wildman–Crippen LogP) is 3.01. The zero-order valence-electron chi connectivity index (χ0n) is 13.1. The molecule has 2 aromatic rings. The largest absolute Gasteiger partial charge is 0.497 e. The summed E-state index contributed by atoms with van der Waals surface area (Å²) in [7, 11) is 2.67. The molecule has 1 aromatic heterocycles. The number of ether oxygens (including phenoxy) is 2. The highest BCUT2D eigenvalue weighted by Crippen LogP contribution is 2.29. The number of anilines is 1. The Kier molecular flexibility index (Phi) is 5.14. The van der Waals surface area contributed by atoms with Gasteiger partial charge in [-0.1, -0.05) is 0 Å². The summed E-state index contributed by atoms with van der Waals surface area (Å²) in [6.07, 6.45) is 0. The minimum Gasteiger partial charge on any atom is -0.497 e. The molecule has 0 saturated carbocycles. The number of esters is 1. The van der Waals surface area contributed by atoms with Crippen molar-refractivity contribution in [2.75, 3.05) is 19.5 Å². The fourth-order valence-electron chi connectivity index (χ4n) is 1.99. The number of methoxy groups -OCH3 is 2. The molecule has 1 amide bonds. The number of nitro groups is 1. The van der Waals surface area contributed by atoms with E-state index in [2.05, 4.69) is 10.1 Å². The minimum absolute atomic E-state index is 0.118. The van der Waals surface area contributed by atoms with Gasteiger partial charge in [-0.3, -0.25) is 14.9 Å². The first-order chi connectivity index (χ1) is 11.4. The van der Waals surface area contributed by atoms with Crippen molar-refractivity contribution >= 4 is 34.6 Å². The number of benzene rings is 1. The lowest BCUT2D eigenvalue weighted by molar-refractivity contribution is -0.385. The molecule has 1 heterocycles. The van der Waals surface area contributed by atoms with E-state index in [9.17, 15) is 19.7 Å². The maximum absolute atomic E-state index is 12.3. The maximum Gasteiger partial charge on any atom is 0.340 e. The zero-order chi connectivity index (χ0) is 17.9. The van der Waals surface area contributed by atoms with Gasteiger partial charge in [-0.25, -0.2) is 4.79 Å². The summed E-state index contributed by atoms with van der Waals surface area (Å²) in [6.45, 7) is 1.56. The molecule has 0 radical (unpaired) electrons. The Hall–Kier alpha value is -2.94. The fourth-order valence-corrected chi connectivity index (χ4v) is 2.87. The highest BCUT2D eigenvalue weighted by Gasteiger charge is 2.21. The van der Waals surface area contributed by atoms with E-state index < -0.39 is 16.8 Å². The van der Waals surface area contributed by atoms with Crippen molar-refractivity contribution in [2.45, 2.75) is 6.92 Å². The number of hydrogen-bond donors (Lipinski definition) is 1. The molecule has 0 atom stereocenters. The Morgan fingerprint density at radius 1 is 1.25 bits per heavy atom. The van der Waals surface area contributed by atoms with E-state index in [1.54, 1.807) is 13.0 Å². The predicted molar refractivity (Wildman–Crippen MR) is 88.0 cm³/mol. The summed E-state index contributed by atoms with van der Waals surface area (Å²) in [6, 6.07) is 5.71. The van der Waals surface area contributed by atoms with E-state index in [4.69, 9.17) is 4.74 Å². The highest BCUT2D eigenvalue weighted by atomic mass is 32.1. The highest BCUT2D eigenvalue weighted by molar-refractivity contribution is 7.14. The molecule has 0 aliphatic heterocycles. The van der Waals surface area contributed by atoms with Gasteiger partial charge in [0.1, 0.15) is 5.75 Å². The first-order valence-electron chi connectivity index (χ1n) is 6.70. The standard InChI is InChI=1S/C15H14N2O6S/c1-8-12(17(20)21)7-13(24-8)14(18)16-11-5-4-9(22-2)6-10(11)15(19)23-3/h4-7H,1-3H3,(H,16,18). The van der Waals surface area contributed by atoms with Crippen LogP contribution in [-0.2, 0) is 4.74 Å². The summed E-state index contributed by atoms with van der Waals surface area (Å²) in [5.41, 5.74) is 0.224. The van der Waals surface area contributed by atoms with Crippen molar-refractivity contribution in [2.24, 2.45) is 0 Å². The average molecular weight is 350 g/mol. The van der Waals surface area contributed by atoms with E-state index in [0.717, 1.165) is 11.3 Å². The smallest absolute Gasteiger partial charge is 0.340 e. The van der Waals surface area contributed by atoms with Gasteiger partial charge in [-0.05, 0) is 25.1 Å². The van der Waals surface area contributed by atoms with E-state index >= 15 is 0 Å². The van der Waals surface area contributed by atoms with Crippen LogP contribution < -0.4 is 10.1 Å². The van der Waals surface area contributed by atoms with Gasteiger partial charge >= 0.3 is 5.97 Å². The Labute approximate surface area is 141 Å². The number of nitrogens with zero attached hydrogens (tertiary/aromatic N) is 1. The average Bonchev–Trinajstić information content (AvgIpc) is 2.96. The lowest BCUT2D eigenvalue weighted by Crippen LogP contribution is -2.14. The van der Waals surface area contributed by atoms with E-state index in [0.29, 0.717) is 10.6 Å². The number of aryl methyl sites for hydroxylation is 1. The van der Waals surface area contributed by atoms with Crippen LogP contribution in [0.15, 0.2) is 24.3 Å². The molecular weight excluding hydrogens is 336 g/mol. The number of nitrogens with one attached hydrogen (secondary N) is 1. The second-order valence-corrected chi connectivity index (χ2v) is 5.92. The van der Waals surface area contributed by atoms with Crippen molar-refractivity contribution in [1.29, 1.82) is 0 Å². The topological polar surface area (TPSA) is 108 Å². The lowest BCUT2D eigenvalue weighted by atomic mass is 10.1. The number of carbonyl (C=O) groups is 2. The van der Waals surface area contributed by atoms with Crippen LogP contribution in [-0.4, -0.2) is 31.0 Å². The van der Waals surface area contributed by atoms with Crippen LogP contribution in [0.25, 0.3) is 0 Å². The van der Waals surface area contributed by atoms with Gasteiger partial charge in [-0.2, -0.15) is 0 Å². The number of amides is 1. The number of hydrogen-bond acceptors (Lipinski definition) is 7. The van der Waals surface area contributed by atoms with Crippen LogP contribution in [0.1, 0.15) is 24.9 Å². The molecule has 1 N–H and O–H groups in total. The van der Waals surface area contributed by atoms with Crippen LogP contribution in [0.2, 0.25) is 0 Å². The molecule has 0 fully saturated rings. The second kappa shape index (κ2) is 7.09. The maximum atomic E-state index is 12.3. The number of rotatable bonds is 5. The first kappa shape index (κ1) is 17.4. The van der Waals surface area contributed by atoms with Crippen molar-refractivity contribution in [3.8, 4) is 5.75 Å². The van der Waals surface area contributed by atoms with Crippen LogP contribution in [0.4, 0.5) is 11.4 Å². The Morgan fingerprint density at radius 3 is 2.50 bits per heavy atom. The molecule has 0 aliphatic rings. The van der Waals surface area contributed by atoms with E-state index in [1.807, 2.05) is 0 Å². The Bertz CT molecular complexity index is 814. The van der Waals surface area contributed by atoms with Crippen LogP contribution in [0.5, 0.6) is 5.75 Å². The number of thiophene rings is 1. The third kappa shape index (κ3) is 3.51. The molecule has 0 aliphatic carbocycles. The van der Waals surface area contributed by atoms with Crippen molar-refractivity contribution < 1.29 is 24.0 Å². The molecule has 8 nitrogen and oxygen atoms in total. The van der Waals surface area contributed by atoms with Gasteiger partial charge in [-0.15, -0.1) is 11.3 Å². The third-order valence-corrected chi connectivity index (χ3v) is 4.23. The first-order valence-corrected chi connectivity index (χ1v) is 7.51. The number of carbonyl (C=O) groups excluding carboxylic acids is 2. The zero-order valence-corrected chi connectivity index (χ0v) is 13.9. The molecule has 9 heteroatoms. The summed E-state index contributed by atoms with van der Waals surface area (Å²) in [5, 5.41) is 13.4. The van der Waals surface area contributed by atoms with Gasteiger partial charge in [0.15, 0.2) is 0 Å². The van der Waals surface area contributed by atoms with Gasteiger partial charge in [0.2, 0.25) is 0 Å². The van der Waals surface area contributed by atoms with E-state index in [-0.39, 0.29) is 21.8 Å². The molecule has 0 unspecified atom stereocenters. The van der Waals surface area contributed by atoms with Crippen LogP contribution >= 0.6 is 11.3 Å². The Morgan fingerprint density at radius 2 is 1.96 bits per heavy atom. The molecule has 0 spiro atoms. The van der Waals surface area contributed by atoms with Crippen LogP contribution in [0, 0.1) is 17.0 Å². The van der Waals surface area contributed by atoms with Gasteiger partial charge in [0.05, 0.1) is 40.1 Å². The van der Waals surface area contributed by atoms with Gasteiger partial charge < -0.3 is 14.8 Å². The van der Waals surface area contributed by atoms with Gasteiger partial charge in [0, 0.05) is 6.07 Å². The van der Waals surface area contributed by atoms with E-state index in [1.165, 1.54) is 32.4 Å². The van der Waals surface area contributed by atoms with Crippen molar-refractivity contribution in [3.05, 3.63) is 49.7 Å². The third-order valence-electron chi connectivity index (χ3n) is 3.19. The fraction of sp³-hybridized carbons (Fsp3) is 0.200.